The lowest BCUT2D eigenvalue weighted by atomic mass is 10.1. The second-order valence-electron chi connectivity index (χ2n) is 9.27. The molecule has 0 aliphatic carbocycles. The number of methoxy groups -OCH3 is 2. The van der Waals surface area contributed by atoms with E-state index in [1.165, 1.54) is 32.4 Å². The highest BCUT2D eigenvalue weighted by molar-refractivity contribution is 6.09. The second kappa shape index (κ2) is 15.4. The zero-order valence-corrected chi connectivity index (χ0v) is 23.3. The molecule has 1 aliphatic rings. The Hall–Kier alpha value is -4.04. The molecule has 1 fully saturated rings. The fourth-order valence-corrected chi connectivity index (χ4v) is 4.33. The van der Waals surface area contributed by atoms with E-state index in [2.05, 4.69) is 22.1 Å². The Morgan fingerprint density at radius 1 is 1.05 bits per heavy atom. The van der Waals surface area contributed by atoms with Gasteiger partial charge in [-0.3, -0.25) is 9.79 Å². The minimum atomic E-state index is -0.387. The van der Waals surface area contributed by atoms with E-state index in [4.69, 9.17) is 20.2 Å². The van der Waals surface area contributed by atoms with Gasteiger partial charge in [-0.15, -0.1) is 0 Å². The summed E-state index contributed by atoms with van der Waals surface area (Å²) >= 11 is 0. The lowest BCUT2D eigenvalue weighted by molar-refractivity contribution is -0.112. The summed E-state index contributed by atoms with van der Waals surface area (Å²) in [7, 11) is 3.18. The number of amides is 1. The molecule has 0 atom stereocenters. The van der Waals surface area contributed by atoms with E-state index in [-0.39, 0.29) is 11.6 Å². The van der Waals surface area contributed by atoms with Crippen molar-refractivity contribution in [2.75, 3.05) is 51.0 Å². The van der Waals surface area contributed by atoms with Crippen LogP contribution in [0, 0.1) is 0 Å². The van der Waals surface area contributed by atoms with Crippen LogP contribution in [0.15, 0.2) is 78.0 Å². The second-order valence-corrected chi connectivity index (χ2v) is 9.27. The first kappa shape index (κ1) is 29.5. The number of hydrogen-bond acceptors (Lipinski definition) is 7. The Balaban J connectivity index is 1.63. The van der Waals surface area contributed by atoms with Gasteiger partial charge in [0.05, 0.1) is 25.6 Å². The lowest BCUT2D eigenvalue weighted by Crippen LogP contribution is -2.33. The van der Waals surface area contributed by atoms with E-state index < -0.39 is 0 Å². The summed E-state index contributed by atoms with van der Waals surface area (Å²) in [5.74, 6) is 0.833. The predicted octanol–water partition coefficient (Wildman–Crippen LogP) is 5.46. The number of nitrogens with one attached hydrogen (secondary N) is 2. The largest absolute Gasteiger partial charge is 0.493 e. The van der Waals surface area contributed by atoms with Gasteiger partial charge in [0.2, 0.25) is 0 Å². The fraction of sp³-hybridized carbons (Fsp3) is 0.355. The standard InChI is InChI=1S/C31H41N5O3/c1-5-10-28(23-11-16-29(38-3)30(21-23)39-4)34-24(6-2)22-27(32)31(37)35-26-14-12-25(13-15-26)33-17-20-36-18-8-7-9-19-36/h5,10-16,21-22,33H,1,6-9,17-20,32H2,2-4H3,(H,35,37)/b27-22-,28-10-,34-24-. The Bertz CT molecular complexity index is 1200. The summed E-state index contributed by atoms with van der Waals surface area (Å²) in [4.78, 5) is 20.0. The maximum atomic E-state index is 12.8. The zero-order valence-electron chi connectivity index (χ0n) is 23.3. The van der Waals surface area contributed by atoms with Crippen molar-refractivity contribution in [1.29, 1.82) is 0 Å². The smallest absolute Gasteiger partial charge is 0.271 e. The SMILES string of the molecule is C=C\C=C(/N=C(\C=C(/N)C(=O)Nc1ccc(NCCN2CCCCC2)cc1)CC)c1ccc(OC)c(OC)c1. The van der Waals surface area contributed by atoms with E-state index in [9.17, 15) is 4.79 Å². The van der Waals surface area contributed by atoms with Crippen LogP contribution in [0.3, 0.4) is 0 Å². The number of likely N-dealkylation sites (tertiary alicyclic amines) is 1. The molecular formula is C31H41N5O3. The van der Waals surface area contributed by atoms with Crippen LogP contribution in [0.25, 0.3) is 5.70 Å². The molecule has 4 N–H and O–H groups in total. The van der Waals surface area contributed by atoms with Gasteiger partial charge in [-0.1, -0.05) is 26.0 Å². The minimum Gasteiger partial charge on any atom is -0.493 e. The van der Waals surface area contributed by atoms with E-state index in [0.29, 0.717) is 35.0 Å². The third-order valence-corrected chi connectivity index (χ3v) is 6.51. The van der Waals surface area contributed by atoms with Crippen LogP contribution >= 0.6 is 0 Å². The molecule has 0 saturated carbocycles. The van der Waals surface area contributed by atoms with Crippen LogP contribution in [0.5, 0.6) is 11.5 Å². The molecule has 8 nitrogen and oxygen atoms in total. The van der Waals surface area contributed by atoms with E-state index in [0.717, 1.165) is 24.3 Å². The molecular weight excluding hydrogens is 490 g/mol. The first-order valence-electron chi connectivity index (χ1n) is 13.4. The third-order valence-electron chi connectivity index (χ3n) is 6.51. The minimum absolute atomic E-state index is 0.0737. The molecule has 1 heterocycles. The molecule has 0 radical (unpaired) electrons. The predicted molar refractivity (Wildman–Crippen MR) is 162 cm³/mol. The summed E-state index contributed by atoms with van der Waals surface area (Å²) in [6, 6.07) is 13.2. The van der Waals surface area contributed by atoms with E-state index in [1.807, 2.05) is 49.4 Å². The molecule has 208 valence electrons. The monoisotopic (exact) mass is 531 g/mol. The molecule has 1 amide bonds. The molecule has 39 heavy (non-hydrogen) atoms. The Morgan fingerprint density at radius 2 is 1.74 bits per heavy atom. The quantitative estimate of drug-likeness (QED) is 0.180. The van der Waals surface area contributed by atoms with Gasteiger partial charge in [0.25, 0.3) is 5.91 Å². The van der Waals surface area contributed by atoms with Crippen molar-refractivity contribution in [1.82, 2.24) is 4.90 Å². The number of hydrogen-bond donors (Lipinski definition) is 3. The van der Waals surface area contributed by atoms with Gasteiger partial charge in [-0.05, 0) is 87.0 Å². The van der Waals surface area contributed by atoms with Gasteiger partial charge < -0.3 is 30.7 Å². The lowest BCUT2D eigenvalue weighted by Gasteiger charge is -2.26. The van der Waals surface area contributed by atoms with Gasteiger partial charge in [-0.25, -0.2) is 0 Å². The van der Waals surface area contributed by atoms with Crippen LogP contribution in [-0.2, 0) is 4.79 Å². The number of aliphatic imine (C=N–C) groups is 1. The summed E-state index contributed by atoms with van der Waals surface area (Å²) in [5.41, 5.74) is 10.1. The van der Waals surface area contributed by atoms with Crippen LogP contribution in [0.2, 0.25) is 0 Å². The molecule has 1 aliphatic heterocycles. The highest BCUT2D eigenvalue weighted by Gasteiger charge is 2.11. The van der Waals surface area contributed by atoms with Crippen LogP contribution < -0.4 is 25.8 Å². The number of nitrogens with zero attached hydrogens (tertiary/aromatic N) is 2. The molecule has 2 aromatic rings. The molecule has 0 bridgehead atoms. The number of ether oxygens (including phenoxy) is 2. The van der Waals surface area contributed by atoms with Gasteiger partial charge in [0.15, 0.2) is 11.5 Å². The van der Waals surface area contributed by atoms with Crippen molar-refractivity contribution in [2.24, 2.45) is 10.7 Å². The van der Waals surface area contributed by atoms with Gasteiger partial charge in [0.1, 0.15) is 0 Å². The molecule has 8 heteroatoms. The van der Waals surface area contributed by atoms with E-state index >= 15 is 0 Å². The van der Waals surface area contributed by atoms with Crippen molar-refractivity contribution in [3.8, 4) is 11.5 Å². The van der Waals surface area contributed by atoms with Crippen molar-refractivity contribution in [2.45, 2.75) is 32.6 Å². The fourth-order valence-electron chi connectivity index (χ4n) is 4.33. The molecule has 2 aromatic carbocycles. The summed E-state index contributed by atoms with van der Waals surface area (Å²) in [6.45, 7) is 10.1. The molecule has 0 unspecified atom stereocenters. The van der Waals surface area contributed by atoms with Crippen molar-refractivity contribution in [3.63, 3.8) is 0 Å². The number of carbonyl (C=O) groups is 1. The van der Waals surface area contributed by atoms with Crippen molar-refractivity contribution >= 4 is 28.7 Å². The third kappa shape index (κ3) is 9.04. The number of piperidine rings is 1. The number of rotatable bonds is 13. The van der Waals surface area contributed by atoms with Gasteiger partial charge in [-0.2, -0.15) is 0 Å². The number of allylic oxidation sites excluding steroid dienone is 3. The molecule has 3 rings (SSSR count). The highest BCUT2D eigenvalue weighted by atomic mass is 16.5. The summed E-state index contributed by atoms with van der Waals surface area (Å²) in [6.07, 6.45) is 9.56. The average Bonchev–Trinajstić information content (AvgIpc) is 2.97. The zero-order chi connectivity index (χ0) is 28.0. The van der Waals surface area contributed by atoms with Crippen LogP contribution in [0.4, 0.5) is 11.4 Å². The van der Waals surface area contributed by atoms with Gasteiger partial charge >= 0.3 is 0 Å². The summed E-state index contributed by atoms with van der Waals surface area (Å²) in [5, 5.41) is 6.31. The molecule has 0 spiro atoms. The van der Waals surface area contributed by atoms with Gasteiger partial charge in [0, 0.05) is 35.7 Å². The number of benzene rings is 2. The van der Waals surface area contributed by atoms with Crippen LogP contribution in [-0.4, -0.2) is 56.9 Å². The van der Waals surface area contributed by atoms with Crippen LogP contribution in [0.1, 0.15) is 38.2 Å². The average molecular weight is 532 g/mol. The Kier molecular flexibility index (Phi) is 11.6. The van der Waals surface area contributed by atoms with E-state index in [1.54, 1.807) is 32.4 Å². The van der Waals surface area contributed by atoms with Crippen molar-refractivity contribution in [3.05, 3.63) is 78.5 Å². The Morgan fingerprint density at radius 3 is 2.38 bits per heavy atom. The Labute approximate surface area is 232 Å². The number of anilines is 2. The molecule has 1 saturated heterocycles. The number of nitrogens with two attached hydrogens (primary N) is 1. The topological polar surface area (TPSA) is 101 Å². The molecule has 0 aromatic heterocycles. The maximum absolute atomic E-state index is 12.8. The first-order valence-corrected chi connectivity index (χ1v) is 13.4. The highest BCUT2D eigenvalue weighted by Crippen LogP contribution is 2.31. The summed E-state index contributed by atoms with van der Waals surface area (Å²) < 4.78 is 10.8. The maximum Gasteiger partial charge on any atom is 0.271 e. The van der Waals surface area contributed by atoms with Crippen molar-refractivity contribution < 1.29 is 14.3 Å². The number of carbonyl (C=O) groups excluding carboxylic acids is 1. The first-order chi connectivity index (χ1) is 19.0. The normalized spacial score (nSPS) is 15.0.